The normalized spacial score (nSPS) is 23.2. The second-order valence-corrected chi connectivity index (χ2v) is 12.7. The van der Waals surface area contributed by atoms with Gasteiger partial charge in [-0.2, -0.15) is 0 Å². The molecule has 32 heavy (non-hydrogen) atoms. The molecule has 2 unspecified atom stereocenters. The summed E-state index contributed by atoms with van der Waals surface area (Å²) < 4.78 is 29.5. The van der Waals surface area contributed by atoms with E-state index in [0.717, 1.165) is 49.2 Å². The molecule has 11 heteroatoms. The van der Waals surface area contributed by atoms with Crippen LogP contribution in [0, 0.1) is 0 Å². The average molecular weight is 502 g/mol. The first-order valence-corrected chi connectivity index (χ1v) is 14.4. The molecule has 0 spiro atoms. The number of aromatic nitrogens is 2. The number of hydrogen-bond acceptors (Lipinski definition) is 9. The monoisotopic (exact) mass is 501 g/mol. The van der Waals surface area contributed by atoms with Crippen LogP contribution in [0.25, 0.3) is 10.2 Å². The third-order valence-electron chi connectivity index (χ3n) is 6.36. The van der Waals surface area contributed by atoms with Gasteiger partial charge in [0, 0.05) is 49.6 Å². The summed E-state index contributed by atoms with van der Waals surface area (Å²) in [4.78, 5) is 17.2. The summed E-state index contributed by atoms with van der Waals surface area (Å²) in [6, 6.07) is 2.67. The zero-order chi connectivity index (χ0) is 22.7. The maximum atomic E-state index is 11.4. The lowest BCUT2D eigenvalue weighted by Crippen LogP contribution is -2.52. The predicted molar refractivity (Wildman–Crippen MR) is 129 cm³/mol. The van der Waals surface area contributed by atoms with Crippen molar-refractivity contribution in [1.82, 2.24) is 24.7 Å². The van der Waals surface area contributed by atoms with E-state index in [1.54, 1.807) is 17.7 Å². The van der Waals surface area contributed by atoms with Gasteiger partial charge in [-0.05, 0) is 38.9 Å². The van der Waals surface area contributed by atoms with Crippen molar-refractivity contribution < 1.29 is 13.2 Å². The maximum Gasteiger partial charge on any atom is 0.147 e. The molecule has 0 bridgehead atoms. The van der Waals surface area contributed by atoms with E-state index in [-0.39, 0.29) is 17.5 Å². The van der Waals surface area contributed by atoms with E-state index in [0.29, 0.717) is 25.6 Å². The van der Waals surface area contributed by atoms with Gasteiger partial charge in [0.25, 0.3) is 0 Å². The van der Waals surface area contributed by atoms with Gasteiger partial charge in [0.05, 0.1) is 28.7 Å². The summed E-state index contributed by atoms with van der Waals surface area (Å²) in [6.45, 7) is 4.95. The van der Waals surface area contributed by atoms with Crippen molar-refractivity contribution in [3.63, 3.8) is 0 Å². The first-order chi connectivity index (χ1) is 15.3. The van der Waals surface area contributed by atoms with Crippen LogP contribution in [0.2, 0.25) is 0 Å². The fourth-order valence-corrected chi connectivity index (χ4v) is 6.78. The molecule has 2 aliphatic heterocycles. The summed E-state index contributed by atoms with van der Waals surface area (Å²) in [7, 11) is -0.783. The van der Waals surface area contributed by atoms with Crippen molar-refractivity contribution in [3.05, 3.63) is 23.5 Å². The van der Waals surface area contributed by atoms with Crippen molar-refractivity contribution >= 4 is 43.0 Å². The highest BCUT2D eigenvalue weighted by Crippen LogP contribution is 2.36. The Hall–Kier alpha value is -0.880. The highest BCUT2D eigenvalue weighted by atomic mass is 35.5. The summed E-state index contributed by atoms with van der Waals surface area (Å²) in [6.07, 6.45) is 7.75. The quantitative estimate of drug-likeness (QED) is 0.510. The highest BCUT2D eigenvalue weighted by Gasteiger charge is 2.35. The molecule has 0 aromatic carbocycles. The van der Waals surface area contributed by atoms with Crippen LogP contribution in [-0.4, -0.2) is 103 Å². The fraction of sp³-hybridized carbons (Fsp3) is 0.714. The van der Waals surface area contributed by atoms with Crippen molar-refractivity contribution in [1.29, 1.82) is 0 Å². The van der Waals surface area contributed by atoms with Gasteiger partial charge in [0.15, 0.2) is 0 Å². The van der Waals surface area contributed by atoms with Gasteiger partial charge >= 0.3 is 0 Å². The number of hydrogen-bond donors (Lipinski definition) is 0. The van der Waals surface area contributed by atoms with E-state index in [9.17, 15) is 8.42 Å². The minimum absolute atomic E-state index is 0.149. The van der Waals surface area contributed by atoms with Crippen LogP contribution in [0.1, 0.15) is 30.3 Å². The second kappa shape index (κ2) is 10.6. The number of thiophene rings is 1. The minimum atomic E-state index is -2.90. The smallest absolute Gasteiger partial charge is 0.147 e. The standard InChI is InChI=1S/C21H32ClN5O3S2/c1-25(6-3-11-32(2,28)29)16-4-7-26(8-5-16)21(27-9-10-30-20(22)14-27)18-12-17-19(31-18)13-23-15-24-17/h12-13,15-16,20-21H,3-11,14H2,1-2H3. The molecule has 8 nitrogen and oxygen atoms in total. The minimum Gasteiger partial charge on any atom is -0.360 e. The summed E-state index contributed by atoms with van der Waals surface area (Å²) in [5, 5.41) is 0. The molecule has 2 aliphatic rings. The van der Waals surface area contributed by atoms with Crippen LogP contribution in [0.3, 0.4) is 0 Å². The molecule has 0 N–H and O–H groups in total. The Morgan fingerprint density at radius 2 is 2.09 bits per heavy atom. The zero-order valence-corrected chi connectivity index (χ0v) is 21.1. The Morgan fingerprint density at radius 1 is 1.31 bits per heavy atom. The summed E-state index contributed by atoms with van der Waals surface area (Å²) >= 11 is 8.11. The molecule has 0 radical (unpaired) electrons. The molecule has 2 saturated heterocycles. The molecule has 2 aromatic heterocycles. The highest BCUT2D eigenvalue weighted by molar-refractivity contribution is 7.90. The first kappa shape index (κ1) is 24.3. The van der Waals surface area contributed by atoms with Crippen molar-refractivity contribution in [3.8, 4) is 0 Å². The molecule has 2 atom stereocenters. The lowest BCUT2D eigenvalue weighted by molar-refractivity contribution is -0.0574. The van der Waals surface area contributed by atoms with Gasteiger partial charge in [0.2, 0.25) is 0 Å². The Balaban J connectivity index is 1.44. The van der Waals surface area contributed by atoms with E-state index in [4.69, 9.17) is 16.3 Å². The lowest BCUT2D eigenvalue weighted by atomic mass is 10.0. The number of piperidine rings is 1. The van der Waals surface area contributed by atoms with Crippen LogP contribution in [0.4, 0.5) is 0 Å². The zero-order valence-electron chi connectivity index (χ0n) is 18.7. The number of morpholine rings is 1. The molecule has 2 aromatic rings. The number of nitrogens with zero attached hydrogens (tertiary/aromatic N) is 5. The largest absolute Gasteiger partial charge is 0.360 e. The number of alkyl halides is 1. The number of likely N-dealkylation sites (tertiary alicyclic amines) is 1. The van der Waals surface area contributed by atoms with Gasteiger partial charge in [-0.15, -0.1) is 11.3 Å². The van der Waals surface area contributed by atoms with Crippen molar-refractivity contribution in [2.45, 2.75) is 37.0 Å². The van der Waals surface area contributed by atoms with Crippen molar-refractivity contribution in [2.24, 2.45) is 0 Å². The van der Waals surface area contributed by atoms with Crippen LogP contribution < -0.4 is 0 Å². The third-order valence-corrected chi connectivity index (χ3v) is 8.76. The van der Waals surface area contributed by atoms with Gasteiger partial charge in [-0.1, -0.05) is 11.6 Å². The van der Waals surface area contributed by atoms with Crippen molar-refractivity contribution in [2.75, 3.05) is 58.4 Å². The fourth-order valence-electron chi connectivity index (χ4n) is 4.70. The number of halogens is 1. The van der Waals surface area contributed by atoms with Gasteiger partial charge < -0.3 is 9.64 Å². The Bertz CT molecular complexity index is 963. The van der Waals surface area contributed by atoms with E-state index in [1.165, 1.54) is 11.1 Å². The van der Waals surface area contributed by atoms with Crippen LogP contribution >= 0.6 is 22.9 Å². The molecule has 2 fully saturated rings. The van der Waals surface area contributed by atoms with Gasteiger partial charge in [0.1, 0.15) is 21.7 Å². The van der Waals surface area contributed by atoms with E-state index < -0.39 is 9.84 Å². The molecular weight excluding hydrogens is 470 g/mol. The topological polar surface area (TPSA) is 78.9 Å². The Labute approximate surface area is 199 Å². The number of sulfone groups is 1. The first-order valence-electron chi connectivity index (χ1n) is 11.1. The average Bonchev–Trinajstić information content (AvgIpc) is 3.17. The summed E-state index contributed by atoms with van der Waals surface area (Å²) in [5.74, 6) is 0.254. The van der Waals surface area contributed by atoms with Crippen LogP contribution in [0.5, 0.6) is 0 Å². The van der Waals surface area contributed by atoms with Gasteiger partial charge in [-0.25, -0.2) is 18.4 Å². The predicted octanol–water partition coefficient (Wildman–Crippen LogP) is 2.42. The molecule has 0 aliphatic carbocycles. The molecule has 4 rings (SSSR count). The third kappa shape index (κ3) is 6.16. The van der Waals surface area contributed by atoms with Crippen LogP contribution in [-0.2, 0) is 14.6 Å². The van der Waals surface area contributed by atoms with E-state index >= 15 is 0 Å². The number of rotatable bonds is 8. The van der Waals surface area contributed by atoms with Crippen LogP contribution in [0.15, 0.2) is 18.6 Å². The molecule has 0 saturated carbocycles. The van der Waals surface area contributed by atoms with E-state index in [1.807, 2.05) is 6.20 Å². The number of fused-ring (bicyclic) bond motifs is 1. The summed E-state index contributed by atoms with van der Waals surface area (Å²) in [5.41, 5.74) is 0.695. The maximum absolute atomic E-state index is 11.4. The van der Waals surface area contributed by atoms with Gasteiger partial charge in [-0.3, -0.25) is 9.80 Å². The molecule has 178 valence electrons. The molecule has 0 amide bonds. The Morgan fingerprint density at radius 3 is 2.78 bits per heavy atom. The number of ether oxygens (including phenoxy) is 1. The Kier molecular flexibility index (Phi) is 8.02. The molecule has 4 heterocycles. The second-order valence-electron chi connectivity index (χ2n) is 8.80. The lowest BCUT2D eigenvalue weighted by Gasteiger charge is -2.45. The SMILES string of the molecule is CN(CCCS(C)(=O)=O)C1CCN(C(c2cc3ncncc3s2)N2CCOC(Cl)C2)CC1. The van der Waals surface area contributed by atoms with E-state index in [2.05, 4.69) is 37.8 Å². The molecular formula is C21H32ClN5O3S2.